The van der Waals surface area contributed by atoms with E-state index in [4.69, 9.17) is 45.8 Å². The summed E-state index contributed by atoms with van der Waals surface area (Å²) in [5.41, 5.74) is 4.41. The third kappa shape index (κ3) is 19.6. The molecule has 0 aromatic carbocycles. The Labute approximate surface area is 136 Å². The molecule has 0 aliphatic carbocycles. The van der Waals surface area contributed by atoms with Crippen LogP contribution >= 0.6 is 0 Å². The lowest BCUT2D eigenvalue weighted by atomic mass is 10.1. The number of rotatable bonds is 14. The predicted molar refractivity (Wildman–Crippen MR) is 81.6 cm³/mol. The van der Waals surface area contributed by atoms with Crippen molar-refractivity contribution >= 4 is 0 Å². The van der Waals surface area contributed by atoms with Crippen LogP contribution in [0.25, 0.3) is 0 Å². The maximum Gasteiger partial charge on any atom is 0.0766 e. The molecule has 0 unspecified atom stereocenters. The van der Waals surface area contributed by atoms with E-state index in [0.29, 0.717) is 19.3 Å². The van der Waals surface area contributed by atoms with Crippen LogP contribution in [0.15, 0.2) is 0 Å². The standard InChI is InChI=1S/C9H21NO6.C4H11NO2/c11-4-1-7-14-10(15-8-2-5-12)16-9-3-6-13;1-4(5,2-6)3-7/h11-13H,1-9H2;6-7H,2-3,5H2,1H3. The fourth-order valence-corrected chi connectivity index (χ4v) is 0.773. The largest absolute Gasteiger partial charge is 0.396 e. The first-order valence-corrected chi connectivity index (χ1v) is 7.49. The number of hydrogen-bond acceptors (Lipinski definition) is 10. The van der Waals surface area contributed by atoms with Gasteiger partial charge in [0.25, 0.3) is 0 Å². The van der Waals surface area contributed by atoms with Gasteiger partial charge in [0.2, 0.25) is 0 Å². The Balaban J connectivity index is 0. The monoisotopic (exact) mass is 344 g/mol. The summed E-state index contributed by atoms with van der Waals surface area (Å²) in [6.07, 6.45) is 1.43. The summed E-state index contributed by atoms with van der Waals surface area (Å²) in [7, 11) is 0. The number of nitrogens with zero attached hydrogens (tertiary/aromatic N) is 1. The molecule has 0 aliphatic rings. The molecule has 0 aromatic rings. The molecule has 7 N–H and O–H groups in total. The summed E-state index contributed by atoms with van der Waals surface area (Å²) in [5, 5.41) is 43.2. The zero-order valence-electron chi connectivity index (χ0n) is 13.8. The maximum absolute atomic E-state index is 8.56. The van der Waals surface area contributed by atoms with Gasteiger partial charge in [0, 0.05) is 19.8 Å². The molecule has 0 aromatic heterocycles. The van der Waals surface area contributed by atoms with E-state index in [-0.39, 0.29) is 52.9 Å². The van der Waals surface area contributed by atoms with Crippen molar-refractivity contribution in [3.8, 4) is 0 Å². The normalized spacial score (nSPS) is 11.5. The van der Waals surface area contributed by atoms with E-state index in [9.17, 15) is 0 Å². The maximum atomic E-state index is 8.56. The van der Waals surface area contributed by atoms with Crippen LogP contribution in [0.4, 0.5) is 0 Å². The predicted octanol–water partition coefficient (Wildman–Crippen LogP) is -2.08. The molecule has 0 aliphatic heterocycles. The summed E-state index contributed by atoms with van der Waals surface area (Å²) in [5.74, 6) is 0. The van der Waals surface area contributed by atoms with Gasteiger partial charge in [-0.1, -0.05) is 0 Å². The third-order valence-electron chi connectivity index (χ3n) is 2.22. The van der Waals surface area contributed by atoms with Crippen LogP contribution in [0.1, 0.15) is 26.2 Å². The molecule has 0 amide bonds. The van der Waals surface area contributed by atoms with Gasteiger partial charge in [0.05, 0.1) is 44.0 Å². The molecule has 0 saturated carbocycles. The number of aliphatic hydroxyl groups is 5. The zero-order chi connectivity index (χ0) is 18.0. The van der Waals surface area contributed by atoms with E-state index in [1.54, 1.807) is 6.92 Å². The fraction of sp³-hybridized carbons (Fsp3) is 1.00. The topological polar surface area (TPSA) is 158 Å². The van der Waals surface area contributed by atoms with E-state index in [2.05, 4.69) is 0 Å². The first-order valence-electron chi connectivity index (χ1n) is 7.49. The number of nitrogens with two attached hydrogens (primary N) is 1. The average molecular weight is 344 g/mol. The Hall–Kier alpha value is -0.400. The van der Waals surface area contributed by atoms with Crippen LogP contribution in [0, 0.1) is 0 Å². The Bertz CT molecular complexity index is 204. The van der Waals surface area contributed by atoms with Crippen molar-refractivity contribution in [2.24, 2.45) is 5.73 Å². The molecule has 0 spiro atoms. The summed E-state index contributed by atoms with van der Waals surface area (Å²) in [4.78, 5) is 15.1. The van der Waals surface area contributed by atoms with Gasteiger partial charge in [-0.3, -0.25) is 14.5 Å². The minimum atomic E-state index is -0.806. The van der Waals surface area contributed by atoms with Gasteiger partial charge in [-0.15, -0.1) is 0 Å². The van der Waals surface area contributed by atoms with Crippen LogP contribution in [0.5, 0.6) is 0 Å². The van der Waals surface area contributed by atoms with Crippen LogP contribution in [0.2, 0.25) is 0 Å². The second kappa shape index (κ2) is 17.9. The van der Waals surface area contributed by atoms with E-state index < -0.39 is 5.54 Å². The van der Waals surface area contributed by atoms with Crippen LogP contribution in [-0.2, 0) is 14.5 Å². The molecule has 0 atom stereocenters. The quantitative estimate of drug-likeness (QED) is 0.152. The molecule has 0 rings (SSSR count). The van der Waals surface area contributed by atoms with Gasteiger partial charge in [-0.25, -0.2) is 0 Å². The molecular formula is C13H32N2O8. The third-order valence-corrected chi connectivity index (χ3v) is 2.22. The van der Waals surface area contributed by atoms with Crippen molar-refractivity contribution in [2.75, 3.05) is 52.9 Å². The molecule has 0 saturated heterocycles. The highest BCUT2D eigenvalue weighted by Crippen LogP contribution is 1.98. The Morgan fingerprint density at radius 1 is 0.739 bits per heavy atom. The number of aliphatic hydroxyl groups excluding tert-OH is 5. The van der Waals surface area contributed by atoms with Crippen LogP contribution in [-0.4, -0.2) is 89.3 Å². The Morgan fingerprint density at radius 2 is 1.04 bits per heavy atom. The lowest BCUT2D eigenvalue weighted by Gasteiger charge is -2.19. The van der Waals surface area contributed by atoms with Crippen molar-refractivity contribution in [1.82, 2.24) is 5.39 Å². The molecule has 10 nitrogen and oxygen atoms in total. The van der Waals surface area contributed by atoms with Crippen LogP contribution in [0.3, 0.4) is 0 Å². The van der Waals surface area contributed by atoms with Crippen molar-refractivity contribution in [3.63, 3.8) is 0 Å². The average Bonchev–Trinajstić information content (AvgIpc) is 2.55. The molecule has 0 bridgehead atoms. The van der Waals surface area contributed by atoms with Crippen molar-refractivity contribution in [2.45, 2.75) is 31.7 Å². The summed E-state index contributed by atoms with van der Waals surface area (Å²) >= 11 is 0. The minimum absolute atomic E-state index is 0.0289. The van der Waals surface area contributed by atoms with Crippen LogP contribution < -0.4 is 5.73 Å². The number of hydrogen-bond donors (Lipinski definition) is 6. The van der Waals surface area contributed by atoms with Gasteiger partial charge < -0.3 is 31.3 Å². The van der Waals surface area contributed by atoms with Crippen molar-refractivity contribution in [3.05, 3.63) is 0 Å². The van der Waals surface area contributed by atoms with Crippen molar-refractivity contribution < 1.29 is 40.0 Å². The molecule has 0 fully saturated rings. The molecule has 0 heterocycles. The van der Waals surface area contributed by atoms with E-state index in [1.165, 1.54) is 0 Å². The first-order chi connectivity index (χ1) is 11.0. The van der Waals surface area contributed by atoms with Gasteiger partial charge in [-0.2, -0.15) is 0 Å². The summed E-state index contributed by atoms with van der Waals surface area (Å²) in [6, 6.07) is 0. The van der Waals surface area contributed by atoms with E-state index in [0.717, 1.165) is 5.39 Å². The molecule has 23 heavy (non-hydrogen) atoms. The first kappa shape index (κ1) is 24.8. The SMILES string of the molecule is CC(N)(CO)CO.OCCCON(OCCCO)OCCCO. The van der Waals surface area contributed by atoms with Gasteiger partial charge in [0.15, 0.2) is 0 Å². The van der Waals surface area contributed by atoms with E-state index in [1.807, 2.05) is 0 Å². The van der Waals surface area contributed by atoms with Crippen molar-refractivity contribution in [1.29, 1.82) is 0 Å². The Morgan fingerprint density at radius 3 is 1.22 bits per heavy atom. The summed E-state index contributed by atoms with van der Waals surface area (Å²) < 4.78 is 0. The lowest BCUT2D eigenvalue weighted by molar-refractivity contribution is -0.526. The lowest BCUT2D eigenvalue weighted by Crippen LogP contribution is -2.43. The highest BCUT2D eigenvalue weighted by molar-refractivity contribution is 4.74. The molecule has 0 radical (unpaired) electrons. The van der Waals surface area contributed by atoms with E-state index >= 15 is 0 Å². The zero-order valence-corrected chi connectivity index (χ0v) is 13.8. The smallest absolute Gasteiger partial charge is 0.0766 e. The second-order valence-corrected chi connectivity index (χ2v) is 4.93. The minimum Gasteiger partial charge on any atom is -0.396 e. The highest BCUT2D eigenvalue weighted by Gasteiger charge is 2.13. The Kier molecular flexibility index (Phi) is 19.4. The molecule has 142 valence electrons. The van der Waals surface area contributed by atoms with Gasteiger partial charge in [0.1, 0.15) is 0 Å². The molecule has 10 heteroatoms. The van der Waals surface area contributed by atoms with Gasteiger partial charge in [-0.05, 0) is 26.2 Å². The second-order valence-electron chi connectivity index (χ2n) is 4.93. The fourth-order valence-electron chi connectivity index (χ4n) is 0.773. The highest BCUT2D eigenvalue weighted by atomic mass is 17.2. The molecular weight excluding hydrogens is 312 g/mol. The van der Waals surface area contributed by atoms with Gasteiger partial charge >= 0.3 is 0 Å². The summed E-state index contributed by atoms with van der Waals surface area (Å²) in [6.45, 7) is 2.13.